The molecule has 2 atom stereocenters. The van der Waals surface area contributed by atoms with Crippen LogP contribution in [0.5, 0.6) is 0 Å². The smallest absolute Gasteiger partial charge is 0.292 e. The van der Waals surface area contributed by atoms with E-state index < -0.39 is 33.8 Å². The molecule has 1 saturated heterocycles. The molecule has 4 aromatic carbocycles. The van der Waals surface area contributed by atoms with Gasteiger partial charge in [0.15, 0.2) is 6.23 Å². The largest absolute Gasteiger partial charge is 0.317 e. The molecule has 1 N–H and O–H groups in total. The third kappa shape index (κ3) is 4.93. The number of sulfonamides is 1. The summed E-state index contributed by atoms with van der Waals surface area (Å²) in [5.41, 5.74) is -0.602. The Morgan fingerprint density at radius 1 is 0.842 bits per heavy atom. The van der Waals surface area contributed by atoms with E-state index in [1.165, 1.54) is 24.3 Å². The summed E-state index contributed by atoms with van der Waals surface area (Å²) in [4.78, 5) is 27.4. The molecule has 192 valence electrons. The van der Waals surface area contributed by atoms with E-state index in [2.05, 4.69) is 5.32 Å². The molecule has 38 heavy (non-hydrogen) atoms. The van der Waals surface area contributed by atoms with Crippen LogP contribution in [0.4, 0.5) is 0 Å². The number of amides is 2. The normalized spacial score (nSPS) is 19.3. The summed E-state index contributed by atoms with van der Waals surface area (Å²) in [6.07, 6.45) is -1.43. The first kappa shape index (κ1) is 25.7. The quantitative estimate of drug-likeness (QED) is 0.354. The Morgan fingerprint density at radius 3 is 2.00 bits per heavy atom. The van der Waals surface area contributed by atoms with Crippen molar-refractivity contribution in [1.82, 2.24) is 9.62 Å². The van der Waals surface area contributed by atoms with Crippen molar-refractivity contribution in [1.29, 1.82) is 0 Å². The van der Waals surface area contributed by atoms with Crippen molar-refractivity contribution in [2.75, 3.05) is 0 Å². The topological polar surface area (TPSA) is 92.8 Å². The molecule has 5 rings (SSSR count). The van der Waals surface area contributed by atoms with Gasteiger partial charge < -0.3 is 10.1 Å². The predicted molar refractivity (Wildman–Crippen MR) is 143 cm³/mol. The predicted octanol–water partition coefficient (Wildman–Crippen LogP) is 4.96. The first-order valence-electron chi connectivity index (χ1n) is 11.8. The number of benzene rings is 4. The fraction of sp³-hybridized carbons (Fsp3) is 0.103. The highest BCUT2D eigenvalue weighted by molar-refractivity contribution is 7.89. The summed E-state index contributed by atoms with van der Waals surface area (Å²) >= 11 is 5.98. The second kappa shape index (κ2) is 10.4. The van der Waals surface area contributed by atoms with Gasteiger partial charge in [0.25, 0.3) is 21.8 Å². The van der Waals surface area contributed by atoms with E-state index in [-0.39, 0.29) is 11.3 Å². The third-order valence-corrected chi connectivity index (χ3v) is 8.17. The molecule has 0 saturated carbocycles. The summed E-state index contributed by atoms with van der Waals surface area (Å²) in [7, 11) is -4.42. The highest BCUT2D eigenvalue weighted by Gasteiger charge is 2.58. The van der Waals surface area contributed by atoms with Crippen LogP contribution in [0.3, 0.4) is 0 Å². The Labute approximate surface area is 225 Å². The number of hydrogen-bond acceptors (Lipinski definition) is 5. The Kier molecular flexibility index (Phi) is 7.03. The maximum absolute atomic E-state index is 14.3. The third-order valence-electron chi connectivity index (χ3n) is 6.17. The summed E-state index contributed by atoms with van der Waals surface area (Å²) in [5, 5.41) is 3.08. The van der Waals surface area contributed by atoms with E-state index in [0.717, 1.165) is 0 Å². The number of nitrogens with zero attached hydrogens (tertiary/aromatic N) is 1. The minimum atomic E-state index is -4.42. The van der Waals surface area contributed by atoms with Crippen molar-refractivity contribution in [2.24, 2.45) is 0 Å². The van der Waals surface area contributed by atoms with Crippen molar-refractivity contribution >= 4 is 33.4 Å². The number of carbonyl (C=O) groups excluding carboxylic acids is 2. The molecule has 0 spiro atoms. The zero-order valence-corrected chi connectivity index (χ0v) is 21.6. The fourth-order valence-electron chi connectivity index (χ4n) is 4.32. The minimum absolute atomic E-state index is 0.0960. The number of hydrogen-bond donors (Lipinski definition) is 1. The second-order valence-electron chi connectivity index (χ2n) is 8.75. The number of nitrogens with one attached hydrogen (secondary N) is 1. The second-order valence-corrected chi connectivity index (χ2v) is 11.0. The van der Waals surface area contributed by atoms with Crippen LogP contribution in [0.25, 0.3) is 0 Å². The molecule has 2 amide bonds. The van der Waals surface area contributed by atoms with Crippen LogP contribution in [0.15, 0.2) is 120 Å². The monoisotopic (exact) mass is 546 g/mol. The van der Waals surface area contributed by atoms with Crippen molar-refractivity contribution in [3.63, 3.8) is 0 Å². The van der Waals surface area contributed by atoms with Gasteiger partial charge in [-0.05, 0) is 42.0 Å². The Hall–Kier alpha value is -3.98. The average molecular weight is 547 g/mol. The van der Waals surface area contributed by atoms with Crippen molar-refractivity contribution in [2.45, 2.75) is 23.3 Å². The lowest BCUT2D eigenvalue weighted by atomic mass is 10.0. The molecule has 7 nitrogen and oxygen atoms in total. The van der Waals surface area contributed by atoms with Crippen molar-refractivity contribution in [3.05, 3.63) is 137 Å². The molecule has 1 aliphatic rings. The van der Waals surface area contributed by atoms with Crippen molar-refractivity contribution < 1.29 is 22.7 Å². The lowest BCUT2D eigenvalue weighted by Crippen LogP contribution is -2.57. The van der Waals surface area contributed by atoms with Crippen molar-refractivity contribution in [3.8, 4) is 0 Å². The highest BCUT2D eigenvalue weighted by Crippen LogP contribution is 2.42. The first-order chi connectivity index (χ1) is 18.3. The maximum Gasteiger partial charge on any atom is 0.292 e. The Balaban J connectivity index is 1.64. The van der Waals surface area contributed by atoms with Crippen LogP contribution in [-0.4, -0.2) is 30.3 Å². The van der Waals surface area contributed by atoms with E-state index >= 15 is 0 Å². The lowest BCUT2D eigenvalue weighted by Gasteiger charge is -2.27. The number of halogens is 1. The van der Waals surface area contributed by atoms with E-state index in [1.54, 1.807) is 84.9 Å². The molecule has 0 bridgehead atoms. The summed E-state index contributed by atoms with van der Waals surface area (Å²) < 4.78 is 34.8. The van der Waals surface area contributed by atoms with Crippen LogP contribution >= 0.6 is 11.6 Å². The van der Waals surface area contributed by atoms with E-state index in [9.17, 15) is 18.0 Å². The number of rotatable bonds is 7. The summed E-state index contributed by atoms with van der Waals surface area (Å²) in [6.45, 7) is 0. The lowest BCUT2D eigenvalue weighted by molar-refractivity contribution is -0.138. The van der Waals surface area contributed by atoms with E-state index in [0.29, 0.717) is 26.0 Å². The van der Waals surface area contributed by atoms with Gasteiger partial charge in [-0.1, -0.05) is 90.5 Å². The molecular weight excluding hydrogens is 524 g/mol. The van der Waals surface area contributed by atoms with E-state index in [4.69, 9.17) is 16.3 Å². The zero-order chi connectivity index (χ0) is 26.8. The number of ether oxygens (including phenoxy) is 1. The molecule has 0 aliphatic carbocycles. The van der Waals surface area contributed by atoms with Gasteiger partial charge in [0.05, 0.1) is 4.90 Å². The van der Waals surface area contributed by atoms with Gasteiger partial charge in [0.1, 0.15) is 0 Å². The maximum atomic E-state index is 14.3. The van der Waals surface area contributed by atoms with Gasteiger partial charge in [-0.15, -0.1) is 0 Å². The molecule has 1 heterocycles. The molecule has 1 fully saturated rings. The van der Waals surface area contributed by atoms with Crippen LogP contribution in [-0.2, 0) is 26.0 Å². The summed E-state index contributed by atoms with van der Waals surface area (Å²) in [6, 6.07) is 31.4. The van der Waals surface area contributed by atoms with Gasteiger partial charge >= 0.3 is 0 Å². The SMILES string of the molecule is O=C(NC1(Cc2ccccc2)OC(c2ccccc2)N(S(=O)(=O)c2ccc(Cl)cc2)C1=O)c1ccccc1. The molecule has 0 radical (unpaired) electrons. The Morgan fingerprint density at radius 2 is 1.39 bits per heavy atom. The molecule has 9 heteroatoms. The number of carbonyl (C=O) groups is 2. The van der Waals surface area contributed by atoms with E-state index in [1.807, 2.05) is 6.07 Å². The molecule has 4 aromatic rings. The summed E-state index contributed by atoms with van der Waals surface area (Å²) in [5.74, 6) is -1.48. The fourth-order valence-corrected chi connectivity index (χ4v) is 5.94. The molecular formula is C29H23ClN2O5S. The highest BCUT2D eigenvalue weighted by atomic mass is 35.5. The standard InChI is InChI=1S/C29H23ClN2O5S/c30-24-16-18-25(19-17-24)38(35,36)32-27(23-14-8-3-9-15-23)37-29(28(32)34,20-21-10-4-1-5-11-21)31-26(33)22-12-6-2-7-13-22/h1-19,27H,20H2,(H,31,33). The van der Waals surface area contributed by atoms with Gasteiger partial charge in [-0.25, -0.2) is 8.42 Å². The minimum Gasteiger partial charge on any atom is -0.317 e. The Bertz CT molecular complexity index is 1550. The van der Waals surface area contributed by atoms with Crippen LogP contribution in [0, 0.1) is 0 Å². The van der Waals surface area contributed by atoms with Crippen LogP contribution < -0.4 is 5.32 Å². The van der Waals surface area contributed by atoms with Crippen LogP contribution in [0.1, 0.15) is 27.7 Å². The average Bonchev–Trinajstić information content (AvgIpc) is 3.22. The van der Waals surface area contributed by atoms with Gasteiger partial charge in [0, 0.05) is 22.6 Å². The van der Waals surface area contributed by atoms with Gasteiger partial charge in [-0.3, -0.25) is 9.59 Å². The molecule has 2 unspecified atom stereocenters. The zero-order valence-electron chi connectivity index (χ0n) is 20.0. The molecule has 1 aliphatic heterocycles. The van der Waals surface area contributed by atoms with Gasteiger partial charge in [0.2, 0.25) is 5.72 Å². The first-order valence-corrected chi connectivity index (χ1v) is 13.6. The van der Waals surface area contributed by atoms with Gasteiger partial charge in [-0.2, -0.15) is 4.31 Å². The van der Waals surface area contributed by atoms with Crippen LogP contribution in [0.2, 0.25) is 5.02 Å². The molecule has 0 aromatic heterocycles.